The maximum absolute atomic E-state index is 11.1. The molecule has 1 rings (SSSR count). The normalized spacial score (nSPS) is 12.2. The van der Waals surface area contributed by atoms with Crippen LogP contribution in [0.2, 0.25) is 0 Å². The molecular weight excluding hydrogens is 204 g/mol. The first kappa shape index (κ1) is 12.7. The van der Waals surface area contributed by atoms with Gasteiger partial charge in [0, 0.05) is 6.54 Å². The lowest BCUT2D eigenvalue weighted by Crippen LogP contribution is -2.34. The summed E-state index contributed by atoms with van der Waals surface area (Å²) in [5, 5.41) is 15.2. The second-order valence-corrected chi connectivity index (χ2v) is 3.76. The van der Waals surface area contributed by atoms with Crippen molar-refractivity contribution in [2.75, 3.05) is 20.1 Å². The van der Waals surface area contributed by atoms with Gasteiger partial charge in [-0.3, -0.25) is 4.79 Å². The van der Waals surface area contributed by atoms with E-state index < -0.39 is 6.10 Å². The van der Waals surface area contributed by atoms with E-state index in [0.717, 1.165) is 11.1 Å². The Bertz CT molecular complexity index is 335. The zero-order chi connectivity index (χ0) is 12.0. The van der Waals surface area contributed by atoms with Gasteiger partial charge in [-0.25, -0.2) is 0 Å². The molecule has 4 nitrogen and oxygen atoms in total. The summed E-state index contributed by atoms with van der Waals surface area (Å²) in [5.41, 5.74) is 1.96. The number of amides is 1. The van der Waals surface area contributed by atoms with E-state index in [1.165, 1.54) is 0 Å². The van der Waals surface area contributed by atoms with E-state index in [4.69, 9.17) is 0 Å². The van der Waals surface area contributed by atoms with Gasteiger partial charge in [0.25, 0.3) is 0 Å². The van der Waals surface area contributed by atoms with Gasteiger partial charge < -0.3 is 15.7 Å². The van der Waals surface area contributed by atoms with Crippen molar-refractivity contribution < 1.29 is 9.90 Å². The Morgan fingerprint density at radius 3 is 2.56 bits per heavy atom. The quantitative estimate of drug-likeness (QED) is 0.674. The van der Waals surface area contributed by atoms with Crippen molar-refractivity contribution >= 4 is 5.91 Å². The van der Waals surface area contributed by atoms with Gasteiger partial charge in [-0.15, -0.1) is 0 Å². The third kappa shape index (κ3) is 4.00. The second kappa shape index (κ2) is 6.25. The minimum atomic E-state index is -0.651. The Morgan fingerprint density at radius 2 is 2.00 bits per heavy atom. The number of hydrogen-bond donors (Lipinski definition) is 3. The first-order valence-corrected chi connectivity index (χ1v) is 5.29. The number of carbonyl (C=O) groups is 1. The van der Waals surface area contributed by atoms with Gasteiger partial charge in [-0.05, 0) is 19.5 Å². The summed E-state index contributed by atoms with van der Waals surface area (Å²) >= 11 is 0. The van der Waals surface area contributed by atoms with Crippen molar-refractivity contribution in [3.05, 3.63) is 35.4 Å². The molecule has 0 saturated heterocycles. The van der Waals surface area contributed by atoms with E-state index >= 15 is 0 Å². The lowest BCUT2D eigenvalue weighted by atomic mass is 10.1. The van der Waals surface area contributed by atoms with Crippen LogP contribution < -0.4 is 10.6 Å². The first-order valence-electron chi connectivity index (χ1n) is 5.29. The summed E-state index contributed by atoms with van der Waals surface area (Å²) < 4.78 is 0. The Hall–Kier alpha value is -1.39. The van der Waals surface area contributed by atoms with Crippen LogP contribution in [0.5, 0.6) is 0 Å². The van der Waals surface area contributed by atoms with E-state index in [2.05, 4.69) is 10.6 Å². The van der Waals surface area contributed by atoms with Gasteiger partial charge in [0.2, 0.25) is 5.91 Å². The van der Waals surface area contributed by atoms with Gasteiger partial charge in [0.1, 0.15) is 0 Å². The van der Waals surface area contributed by atoms with Crippen LogP contribution in [-0.4, -0.2) is 31.2 Å². The Balaban J connectivity index is 2.43. The Kier molecular flexibility index (Phi) is 4.95. The Labute approximate surface area is 95.7 Å². The van der Waals surface area contributed by atoms with Crippen molar-refractivity contribution in [2.24, 2.45) is 0 Å². The third-order valence-corrected chi connectivity index (χ3v) is 2.29. The number of aryl methyl sites for hydroxylation is 1. The first-order chi connectivity index (χ1) is 7.63. The molecule has 0 aromatic heterocycles. The van der Waals surface area contributed by atoms with E-state index in [0.29, 0.717) is 0 Å². The largest absolute Gasteiger partial charge is 0.387 e. The molecule has 0 aliphatic rings. The fourth-order valence-electron chi connectivity index (χ4n) is 1.34. The molecule has 4 heteroatoms. The van der Waals surface area contributed by atoms with Gasteiger partial charge in [-0.2, -0.15) is 0 Å². The zero-order valence-electron chi connectivity index (χ0n) is 9.66. The highest BCUT2D eigenvalue weighted by Gasteiger charge is 2.08. The zero-order valence-corrected chi connectivity index (χ0v) is 9.66. The standard InChI is InChI=1S/C12H18N2O2/c1-9-3-5-10(6-4-9)11(15)7-14-12(16)8-13-2/h3-6,11,13,15H,7-8H2,1-2H3,(H,14,16). The molecule has 88 valence electrons. The van der Waals surface area contributed by atoms with Crippen LogP contribution in [-0.2, 0) is 4.79 Å². The topological polar surface area (TPSA) is 61.4 Å². The predicted octanol–water partition coefficient (Wildman–Crippen LogP) is 0.364. The summed E-state index contributed by atoms with van der Waals surface area (Å²) in [4.78, 5) is 11.1. The van der Waals surface area contributed by atoms with Crippen LogP contribution in [0.4, 0.5) is 0 Å². The molecule has 1 aromatic carbocycles. The van der Waals surface area contributed by atoms with Gasteiger partial charge in [-0.1, -0.05) is 29.8 Å². The lowest BCUT2D eigenvalue weighted by molar-refractivity contribution is -0.120. The van der Waals surface area contributed by atoms with Crippen molar-refractivity contribution in [1.29, 1.82) is 0 Å². The maximum atomic E-state index is 11.1. The van der Waals surface area contributed by atoms with E-state index in [9.17, 15) is 9.90 Å². The van der Waals surface area contributed by atoms with Crippen molar-refractivity contribution in [3.63, 3.8) is 0 Å². The van der Waals surface area contributed by atoms with Crippen LogP contribution in [0.3, 0.4) is 0 Å². The summed E-state index contributed by atoms with van der Waals surface area (Å²) in [6.45, 7) is 2.50. The number of aliphatic hydroxyl groups is 1. The van der Waals surface area contributed by atoms with Crippen LogP contribution in [0.1, 0.15) is 17.2 Å². The molecule has 16 heavy (non-hydrogen) atoms. The van der Waals surface area contributed by atoms with Crippen molar-refractivity contribution in [2.45, 2.75) is 13.0 Å². The lowest BCUT2D eigenvalue weighted by Gasteiger charge is -2.12. The highest BCUT2D eigenvalue weighted by atomic mass is 16.3. The third-order valence-electron chi connectivity index (χ3n) is 2.29. The molecule has 0 aliphatic heterocycles. The number of carbonyl (C=O) groups excluding carboxylic acids is 1. The molecule has 0 fully saturated rings. The SMILES string of the molecule is CNCC(=O)NCC(O)c1ccc(C)cc1. The molecule has 3 N–H and O–H groups in total. The van der Waals surface area contributed by atoms with E-state index in [1.807, 2.05) is 31.2 Å². The number of likely N-dealkylation sites (N-methyl/N-ethyl adjacent to an activating group) is 1. The van der Waals surface area contributed by atoms with Crippen LogP contribution in [0.25, 0.3) is 0 Å². The van der Waals surface area contributed by atoms with Crippen LogP contribution >= 0.6 is 0 Å². The average molecular weight is 222 g/mol. The van der Waals surface area contributed by atoms with Crippen LogP contribution in [0, 0.1) is 6.92 Å². The number of rotatable bonds is 5. The second-order valence-electron chi connectivity index (χ2n) is 3.76. The maximum Gasteiger partial charge on any atom is 0.234 e. The molecule has 1 atom stereocenters. The molecule has 0 saturated carbocycles. The minimum absolute atomic E-state index is 0.117. The van der Waals surface area contributed by atoms with Gasteiger partial charge >= 0.3 is 0 Å². The monoisotopic (exact) mass is 222 g/mol. The number of aliphatic hydroxyl groups excluding tert-OH is 1. The number of benzene rings is 1. The predicted molar refractivity (Wildman–Crippen MR) is 63.1 cm³/mol. The van der Waals surface area contributed by atoms with E-state index in [-0.39, 0.29) is 19.0 Å². The summed E-state index contributed by atoms with van der Waals surface area (Å²) in [7, 11) is 1.70. The minimum Gasteiger partial charge on any atom is -0.387 e. The molecular formula is C12H18N2O2. The summed E-state index contributed by atoms with van der Waals surface area (Å²) in [6, 6.07) is 7.61. The molecule has 1 aromatic rings. The van der Waals surface area contributed by atoms with E-state index in [1.54, 1.807) is 7.05 Å². The number of nitrogens with one attached hydrogen (secondary N) is 2. The molecule has 1 amide bonds. The highest BCUT2D eigenvalue weighted by molar-refractivity contribution is 5.77. The van der Waals surface area contributed by atoms with Crippen LogP contribution in [0.15, 0.2) is 24.3 Å². The molecule has 0 heterocycles. The molecule has 0 bridgehead atoms. The fraction of sp³-hybridized carbons (Fsp3) is 0.417. The smallest absolute Gasteiger partial charge is 0.234 e. The van der Waals surface area contributed by atoms with Crippen molar-refractivity contribution in [1.82, 2.24) is 10.6 Å². The highest BCUT2D eigenvalue weighted by Crippen LogP contribution is 2.12. The molecule has 0 aliphatic carbocycles. The molecule has 1 unspecified atom stereocenters. The number of hydrogen-bond acceptors (Lipinski definition) is 3. The van der Waals surface area contributed by atoms with Gasteiger partial charge in [0.05, 0.1) is 12.6 Å². The average Bonchev–Trinajstić information content (AvgIpc) is 2.27. The summed E-state index contributed by atoms with van der Waals surface area (Å²) in [6.07, 6.45) is -0.651. The fourth-order valence-corrected chi connectivity index (χ4v) is 1.34. The summed E-state index contributed by atoms with van der Waals surface area (Å²) in [5.74, 6) is -0.117. The molecule has 0 radical (unpaired) electrons. The van der Waals surface area contributed by atoms with Crippen molar-refractivity contribution in [3.8, 4) is 0 Å². The molecule has 0 spiro atoms. The van der Waals surface area contributed by atoms with Gasteiger partial charge in [0.15, 0.2) is 0 Å². The Morgan fingerprint density at radius 1 is 1.38 bits per heavy atom.